The lowest BCUT2D eigenvalue weighted by Crippen LogP contribution is -2.30. The Morgan fingerprint density at radius 3 is 2.05 bits per heavy atom. The SMILES string of the molecule is NNC(c1cccc(C(F)(F)F)c1)c1c(F)cccc1F. The van der Waals surface area contributed by atoms with Gasteiger partial charge in [0.25, 0.3) is 0 Å². The van der Waals surface area contributed by atoms with Gasteiger partial charge in [0.15, 0.2) is 0 Å². The van der Waals surface area contributed by atoms with Gasteiger partial charge in [-0.25, -0.2) is 14.2 Å². The number of hydrogen-bond donors (Lipinski definition) is 2. The van der Waals surface area contributed by atoms with Gasteiger partial charge >= 0.3 is 6.18 Å². The molecule has 0 fully saturated rings. The minimum atomic E-state index is -4.55. The van der Waals surface area contributed by atoms with E-state index in [1.54, 1.807) is 0 Å². The van der Waals surface area contributed by atoms with Crippen LogP contribution in [0, 0.1) is 11.6 Å². The predicted octanol–water partition coefficient (Wildman–Crippen LogP) is 3.54. The number of hydrazine groups is 1. The lowest BCUT2D eigenvalue weighted by atomic mass is 9.96. The Balaban J connectivity index is 2.52. The molecular weight excluding hydrogens is 291 g/mol. The van der Waals surface area contributed by atoms with Gasteiger partial charge in [0.2, 0.25) is 0 Å². The van der Waals surface area contributed by atoms with Gasteiger partial charge in [0.05, 0.1) is 11.6 Å². The number of halogens is 5. The second-order valence-electron chi connectivity index (χ2n) is 4.36. The molecule has 0 radical (unpaired) electrons. The van der Waals surface area contributed by atoms with Crippen LogP contribution >= 0.6 is 0 Å². The number of benzene rings is 2. The molecule has 0 bridgehead atoms. The molecule has 0 saturated heterocycles. The van der Waals surface area contributed by atoms with Crippen molar-refractivity contribution < 1.29 is 22.0 Å². The van der Waals surface area contributed by atoms with Crippen molar-refractivity contribution in [2.75, 3.05) is 0 Å². The average Bonchev–Trinajstić information content (AvgIpc) is 2.42. The van der Waals surface area contributed by atoms with Crippen LogP contribution in [0.4, 0.5) is 22.0 Å². The van der Waals surface area contributed by atoms with Crippen LogP contribution in [0.5, 0.6) is 0 Å². The van der Waals surface area contributed by atoms with Gasteiger partial charge in [-0.05, 0) is 29.8 Å². The van der Waals surface area contributed by atoms with E-state index in [0.29, 0.717) is 0 Å². The number of rotatable bonds is 3. The first-order valence-electron chi connectivity index (χ1n) is 5.91. The van der Waals surface area contributed by atoms with Crippen molar-refractivity contribution in [2.24, 2.45) is 5.84 Å². The number of alkyl halides is 3. The maximum atomic E-state index is 13.7. The largest absolute Gasteiger partial charge is 0.416 e. The highest BCUT2D eigenvalue weighted by Gasteiger charge is 2.31. The zero-order valence-electron chi connectivity index (χ0n) is 10.6. The van der Waals surface area contributed by atoms with Crippen LogP contribution in [-0.2, 0) is 6.18 Å². The molecule has 7 heteroatoms. The fourth-order valence-electron chi connectivity index (χ4n) is 2.03. The van der Waals surface area contributed by atoms with Gasteiger partial charge in [-0.3, -0.25) is 5.84 Å². The summed E-state index contributed by atoms with van der Waals surface area (Å²) >= 11 is 0. The van der Waals surface area contributed by atoms with E-state index >= 15 is 0 Å². The highest BCUT2D eigenvalue weighted by Crippen LogP contribution is 2.33. The van der Waals surface area contributed by atoms with Crippen LogP contribution in [0.25, 0.3) is 0 Å². The van der Waals surface area contributed by atoms with Crippen molar-refractivity contribution in [3.63, 3.8) is 0 Å². The van der Waals surface area contributed by atoms with Crippen LogP contribution in [-0.4, -0.2) is 0 Å². The van der Waals surface area contributed by atoms with Crippen molar-refractivity contribution >= 4 is 0 Å². The van der Waals surface area contributed by atoms with Gasteiger partial charge < -0.3 is 0 Å². The van der Waals surface area contributed by atoms with E-state index < -0.39 is 35.0 Å². The van der Waals surface area contributed by atoms with Crippen LogP contribution in [0.1, 0.15) is 22.7 Å². The fourth-order valence-corrected chi connectivity index (χ4v) is 2.03. The maximum absolute atomic E-state index is 13.7. The van der Waals surface area contributed by atoms with Crippen LogP contribution < -0.4 is 11.3 Å². The summed E-state index contributed by atoms with van der Waals surface area (Å²) in [5.74, 6) is 3.48. The first-order chi connectivity index (χ1) is 9.84. The summed E-state index contributed by atoms with van der Waals surface area (Å²) in [7, 11) is 0. The molecule has 21 heavy (non-hydrogen) atoms. The molecule has 2 aromatic carbocycles. The number of nitrogens with one attached hydrogen (secondary N) is 1. The monoisotopic (exact) mass is 302 g/mol. The topological polar surface area (TPSA) is 38.0 Å². The van der Waals surface area contributed by atoms with Gasteiger partial charge in [-0.2, -0.15) is 13.2 Å². The molecule has 1 unspecified atom stereocenters. The van der Waals surface area contributed by atoms with Crippen molar-refractivity contribution in [1.29, 1.82) is 0 Å². The molecule has 0 aliphatic carbocycles. The first kappa shape index (κ1) is 15.4. The lowest BCUT2D eigenvalue weighted by Gasteiger charge is -2.19. The molecule has 0 heterocycles. The van der Waals surface area contributed by atoms with Crippen molar-refractivity contribution in [1.82, 2.24) is 5.43 Å². The molecule has 0 aliphatic heterocycles. The van der Waals surface area contributed by atoms with Crippen LogP contribution in [0.15, 0.2) is 42.5 Å². The van der Waals surface area contributed by atoms with Crippen molar-refractivity contribution in [3.8, 4) is 0 Å². The molecule has 2 nitrogen and oxygen atoms in total. The smallest absolute Gasteiger partial charge is 0.271 e. The number of nitrogens with two attached hydrogens (primary N) is 1. The summed E-state index contributed by atoms with van der Waals surface area (Å²) in [6.07, 6.45) is -4.55. The highest BCUT2D eigenvalue weighted by atomic mass is 19.4. The Kier molecular flexibility index (Phi) is 4.24. The molecule has 0 saturated carbocycles. The van der Waals surface area contributed by atoms with Crippen molar-refractivity contribution in [3.05, 3.63) is 70.8 Å². The molecular formula is C14H11F5N2. The molecule has 112 valence electrons. The molecule has 0 amide bonds. The van der Waals surface area contributed by atoms with E-state index in [-0.39, 0.29) is 5.56 Å². The Hall–Kier alpha value is -1.99. The van der Waals surface area contributed by atoms with E-state index in [2.05, 4.69) is 5.43 Å². The van der Waals surface area contributed by atoms with E-state index in [9.17, 15) is 22.0 Å². The Bertz CT molecular complexity index is 619. The standard InChI is InChI=1S/C14H11F5N2/c15-10-5-2-6-11(16)12(10)13(21-20)8-3-1-4-9(7-8)14(17,18)19/h1-7,13,21H,20H2. The molecule has 0 spiro atoms. The van der Waals surface area contributed by atoms with Gasteiger partial charge in [-0.1, -0.05) is 18.2 Å². The first-order valence-corrected chi connectivity index (χ1v) is 5.91. The summed E-state index contributed by atoms with van der Waals surface area (Å²) in [5, 5.41) is 0. The van der Waals surface area contributed by atoms with E-state index in [1.165, 1.54) is 6.07 Å². The molecule has 0 aliphatic rings. The minimum Gasteiger partial charge on any atom is -0.271 e. The second kappa shape index (κ2) is 5.79. The zero-order chi connectivity index (χ0) is 15.6. The third kappa shape index (κ3) is 3.20. The molecule has 0 aromatic heterocycles. The van der Waals surface area contributed by atoms with Crippen LogP contribution in [0.2, 0.25) is 0 Å². The van der Waals surface area contributed by atoms with Crippen molar-refractivity contribution in [2.45, 2.75) is 12.2 Å². The summed E-state index contributed by atoms with van der Waals surface area (Å²) in [6, 6.07) is 6.09. The number of hydrogen-bond acceptors (Lipinski definition) is 2. The molecule has 1 atom stereocenters. The van der Waals surface area contributed by atoms with Gasteiger partial charge in [-0.15, -0.1) is 0 Å². The fraction of sp³-hybridized carbons (Fsp3) is 0.143. The lowest BCUT2D eigenvalue weighted by molar-refractivity contribution is -0.137. The van der Waals surface area contributed by atoms with E-state index in [1.807, 2.05) is 0 Å². The Morgan fingerprint density at radius 1 is 0.952 bits per heavy atom. The molecule has 2 rings (SSSR count). The summed E-state index contributed by atoms with van der Waals surface area (Å²) in [6.45, 7) is 0. The van der Waals surface area contributed by atoms with Gasteiger partial charge in [0.1, 0.15) is 11.6 Å². The minimum absolute atomic E-state index is 0.0105. The third-order valence-corrected chi connectivity index (χ3v) is 3.00. The maximum Gasteiger partial charge on any atom is 0.416 e. The Morgan fingerprint density at radius 2 is 1.52 bits per heavy atom. The third-order valence-electron chi connectivity index (χ3n) is 3.00. The highest BCUT2D eigenvalue weighted by molar-refractivity contribution is 5.36. The van der Waals surface area contributed by atoms with Gasteiger partial charge in [0, 0.05) is 5.56 Å². The predicted molar refractivity (Wildman–Crippen MR) is 67.0 cm³/mol. The normalized spacial score (nSPS) is 13.2. The second-order valence-corrected chi connectivity index (χ2v) is 4.36. The van der Waals surface area contributed by atoms with E-state index in [4.69, 9.17) is 5.84 Å². The summed E-state index contributed by atoms with van der Waals surface area (Å²) in [5.41, 5.74) is 0.807. The quantitative estimate of drug-likeness (QED) is 0.517. The summed E-state index contributed by atoms with van der Waals surface area (Å²) in [4.78, 5) is 0. The Labute approximate surface area is 117 Å². The van der Waals surface area contributed by atoms with E-state index in [0.717, 1.165) is 36.4 Å². The molecule has 2 aromatic rings. The zero-order valence-corrected chi connectivity index (χ0v) is 10.6. The summed E-state index contributed by atoms with van der Waals surface area (Å²) < 4.78 is 65.6. The molecule has 3 N–H and O–H groups in total. The average molecular weight is 302 g/mol. The van der Waals surface area contributed by atoms with Crippen LogP contribution in [0.3, 0.4) is 0 Å².